The Morgan fingerprint density at radius 2 is 1.90 bits per heavy atom. The van der Waals surface area contributed by atoms with Crippen LogP contribution in [0.3, 0.4) is 0 Å². The van der Waals surface area contributed by atoms with E-state index < -0.39 is 29.8 Å². The molecule has 7 nitrogen and oxygen atoms in total. The highest BCUT2D eigenvalue weighted by Gasteiger charge is 2.22. The Kier molecular flexibility index (Phi) is 5.65. The highest BCUT2D eigenvalue weighted by molar-refractivity contribution is 5.94. The van der Waals surface area contributed by atoms with Crippen LogP contribution in [-0.2, 0) is 9.59 Å². The van der Waals surface area contributed by atoms with Gasteiger partial charge in [-0.1, -0.05) is 0 Å². The Morgan fingerprint density at radius 3 is 2.38 bits per heavy atom. The lowest BCUT2D eigenvalue weighted by Gasteiger charge is -2.21. The van der Waals surface area contributed by atoms with Gasteiger partial charge in [0.2, 0.25) is 5.91 Å². The number of urea groups is 1. The van der Waals surface area contributed by atoms with E-state index in [0.717, 1.165) is 4.90 Å². The molecule has 8 heteroatoms. The number of carbonyl (C=O) groups is 3. The van der Waals surface area contributed by atoms with Crippen LogP contribution in [0.4, 0.5) is 14.9 Å². The maximum atomic E-state index is 12.8. The van der Waals surface area contributed by atoms with Crippen molar-refractivity contribution in [3.05, 3.63) is 30.1 Å². The summed E-state index contributed by atoms with van der Waals surface area (Å²) in [7, 11) is 1.41. The van der Waals surface area contributed by atoms with Crippen molar-refractivity contribution < 1.29 is 23.9 Å². The maximum Gasteiger partial charge on any atom is 0.326 e. The summed E-state index contributed by atoms with van der Waals surface area (Å²) in [4.78, 5) is 34.8. The standard InChI is InChI=1S/C13H16FN3O4/c1-17(9-4-2-8(14)3-5-9)13(21)16-10(12(19)20)6-7-11(15)18/h2-5,10H,6-7H2,1H3,(H2,15,18)(H,16,21)(H,19,20)/t10-/m1/s1. The molecule has 1 aromatic rings. The number of carbonyl (C=O) groups excluding carboxylic acids is 2. The minimum absolute atomic E-state index is 0.104. The summed E-state index contributed by atoms with van der Waals surface area (Å²) in [6.07, 6.45) is -0.259. The minimum Gasteiger partial charge on any atom is -0.480 e. The van der Waals surface area contributed by atoms with E-state index in [4.69, 9.17) is 10.8 Å². The summed E-state index contributed by atoms with van der Waals surface area (Å²) in [6.45, 7) is 0. The molecule has 0 aliphatic carbocycles. The number of nitrogens with zero attached hydrogens (tertiary/aromatic N) is 1. The number of nitrogens with two attached hydrogens (primary N) is 1. The number of rotatable bonds is 6. The second-order valence-electron chi connectivity index (χ2n) is 4.38. The van der Waals surface area contributed by atoms with Crippen molar-refractivity contribution in [3.8, 4) is 0 Å². The first-order valence-electron chi connectivity index (χ1n) is 6.12. The van der Waals surface area contributed by atoms with E-state index in [0.29, 0.717) is 5.69 Å². The molecule has 1 atom stereocenters. The topological polar surface area (TPSA) is 113 Å². The minimum atomic E-state index is -1.27. The molecule has 4 N–H and O–H groups in total. The third-order valence-electron chi connectivity index (χ3n) is 2.79. The number of aliphatic carboxylic acids is 1. The number of halogens is 1. The lowest BCUT2D eigenvalue weighted by Crippen LogP contribution is -2.47. The van der Waals surface area contributed by atoms with Gasteiger partial charge < -0.3 is 16.2 Å². The molecule has 1 rings (SSSR count). The van der Waals surface area contributed by atoms with Gasteiger partial charge in [-0.15, -0.1) is 0 Å². The summed E-state index contributed by atoms with van der Waals surface area (Å²) in [5.74, 6) is -2.36. The third-order valence-corrected chi connectivity index (χ3v) is 2.79. The number of anilines is 1. The lowest BCUT2D eigenvalue weighted by atomic mass is 10.1. The Hall–Kier alpha value is -2.64. The van der Waals surface area contributed by atoms with Crippen molar-refractivity contribution in [2.75, 3.05) is 11.9 Å². The van der Waals surface area contributed by atoms with Crippen LogP contribution in [0, 0.1) is 5.82 Å². The second kappa shape index (κ2) is 7.22. The molecule has 0 aliphatic heterocycles. The SMILES string of the molecule is CN(C(=O)N[C@H](CCC(N)=O)C(=O)O)c1ccc(F)cc1. The van der Waals surface area contributed by atoms with Gasteiger partial charge in [0.15, 0.2) is 0 Å². The number of primary amides is 1. The highest BCUT2D eigenvalue weighted by atomic mass is 19.1. The van der Waals surface area contributed by atoms with Crippen LogP contribution in [0.25, 0.3) is 0 Å². The lowest BCUT2D eigenvalue weighted by molar-refractivity contribution is -0.139. The van der Waals surface area contributed by atoms with Gasteiger partial charge in [-0.2, -0.15) is 0 Å². The number of carboxylic acids is 1. The van der Waals surface area contributed by atoms with Crippen molar-refractivity contribution in [3.63, 3.8) is 0 Å². The fourth-order valence-electron chi connectivity index (χ4n) is 1.57. The number of nitrogens with one attached hydrogen (secondary N) is 1. The molecule has 0 unspecified atom stereocenters. The van der Waals surface area contributed by atoms with Crippen LogP contribution in [-0.4, -0.2) is 36.1 Å². The molecule has 0 spiro atoms. The van der Waals surface area contributed by atoms with Crippen molar-refractivity contribution in [2.24, 2.45) is 5.73 Å². The van der Waals surface area contributed by atoms with E-state index in [1.807, 2.05) is 0 Å². The fourth-order valence-corrected chi connectivity index (χ4v) is 1.57. The predicted octanol–water partition coefficient (Wildman–Crippen LogP) is 0.690. The molecule has 0 bridgehead atoms. The van der Waals surface area contributed by atoms with Crippen molar-refractivity contribution in [1.29, 1.82) is 0 Å². The van der Waals surface area contributed by atoms with Gasteiger partial charge in [-0.05, 0) is 30.7 Å². The molecular formula is C13H16FN3O4. The molecule has 0 heterocycles. The van der Waals surface area contributed by atoms with Crippen molar-refractivity contribution in [1.82, 2.24) is 5.32 Å². The molecule has 0 fully saturated rings. The molecular weight excluding hydrogens is 281 g/mol. The normalized spacial score (nSPS) is 11.5. The summed E-state index contributed by atoms with van der Waals surface area (Å²) in [5.41, 5.74) is 5.34. The van der Waals surface area contributed by atoms with Gasteiger partial charge >= 0.3 is 12.0 Å². The van der Waals surface area contributed by atoms with Crippen LogP contribution >= 0.6 is 0 Å². The van der Waals surface area contributed by atoms with Gasteiger partial charge in [0, 0.05) is 19.2 Å². The van der Waals surface area contributed by atoms with E-state index in [9.17, 15) is 18.8 Å². The molecule has 1 aromatic carbocycles. The Labute approximate surface area is 120 Å². The van der Waals surface area contributed by atoms with E-state index in [-0.39, 0.29) is 12.8 Å². The van der Waals surface area contributed by atoms with Crippen LogP contribution < -0.4 is 16.0 Å². The second-order valence-corrected chi connectivity index (χ2v) is 4.38. The summed E-state index contributed by atoms with van der Waals surface area (Å²) in [6, 6.07) is 3.22. The Morgan fingerprint density at radius 1 is 1.33 bits per heavy atom. The zero-order valence-corrected chi connectivity index (χ0v) is 11.4. The summed E-state index contributed by atoms with van der Waals surface area (Å²) >= 11 is 0. The van der Waals surface area contributed by atoms with Crippen molar-refractivity contribution >= 4 is 23.6 Å². The maximum absolute atomic E-state index is 12.8. The number of benzene rings is 1. The Balaban J connectivity index is 2.70. The van der Waals surface area contributed by atoms with Crippen LogP contribution in [0.15, 0.2) is 24.3 Å². The number of carboxylic acid groups (broad SMARTS) is 1. The molecule has 0 saturated heterocycles. The van der Waals surface area contributed by atoms with Crippen molar-refractivity contribution in [2.45, 2.75) is 18.9 Å². The monoisotopic (exact) mass is 297 g/mol. The fraction of sp³-hybridized carbons (Fsp3) is 0.308. The van der Waals surface area contributed by atoms with Gasteiger partial charge in [-0.3, -0.25) is 9.69 Å². The molecule has 21 heavy (non-hydrogen) atoms. The molecule has 0 saturated carbocycles. The van der Waals surface area contributed by atoms with Crippen LogP contribution in [0.1, 0.15) is 12.8 Å². The zero-order valence-electron chi connectivity index (χ0n) is 11.4. The van der Waals surface area contributed by atoms with E-state index in [2.05, 4.69) is 5.32 Å². The smallest absolute Gasteiger partial charge is 0.326 e. The molecule has 3 amide bonds. The average Bonchev–Trinajstić information content (AvgIpc) is 2.42. The highest BCUT2D eigenvalue weighted by Crippen LogP contribution is 2.13. The van der Waals surface area contributed by atoms with E-state index in [1.54, 1.807) is 0 Å². The molecule has 0 radical (unpaired) electrons. The van der Waals surface area contributed by atoms with Gasteiger partial charge in [0.05, 0.1) is 0 Å². The average molecular weight is 297 g/mol. The first-order chi connectivity index (χ1) is 9.81. The first-order valence-corrected chi connectivity index (χ1v) is 6.12. The summed E-state index contributed by atoms with van der Waals surface area (Å²) < 4.78 is 12.8. The molecule has 0 aliphatic rings. The van der Waals surface area contributed by atoms with Gasteiger partial charge in [0.25, 0.3) is 0 Å². The number of hydrogen-bond acceptors (Lipinski definition) is 3. The number of hydrogen-bond donors (Lipinski definition) is 3. The largest absolute Gasteiger partial charge is 0.480 e. The quantitative estimate of drug-likeness (QED) is 0.717. The summed E-state index contributed by atoms with van der Waals surface area (Å²) in [5, 5.41) is 11.3. The van der Waals surface area contributed by atoms with Gasteiger partial charge in [-0.25, -0.2) is 14.0 Å². The Bertz CT molecular complexity index is 533. The molecule has 0 aromatic heterocycles. The van der Waals surface area contributed by atoms with Gasteiger partial charge in [0.1, 0.15) is 11.9 Å². The van der Waals surface area contributed by atoms with E-state index in [1.165, 1.54) is 31.3 Å². The zero-order chi connectivity index (χ0) is 16.0. The molecule has 114 valence electrons. The third kappa shape index (κ3) is 5.09. The van der Waals surface area contributed by atoms with Crippen LogP contribution in [0.5, 0.6) is 0 Å². The van der Waals surface area contributed by atoms with Crippen LogP contribution in [0.2, 0.25) is 0 Å². The van der Waals surface area contributed by atoms with E-state index >= 15 is 0 Å². The predicted molar refractivity (Wildman–Crippen MR) is 73.2 cm³/mol. The number of amides is 3. The first kappa shape index (κ1) is 16.4.